The molecule has 0 unspecified atom stereocenters. The van der Waals surface area contributed by atoms with E-state index in [2.05, 4.69) is 30.7 Å². The van der Waals surface area contributed by atoms with Crippen LogP contribution >= 0.6 is 11.6 Å². The fourth-order valence-electron chi connectivity index (χ4n) is 2.02. The van der Waals surface area contributed by atoms with Crippen LogP contribution in [0.25, 0.3) is 10.8 Å². The van der Waals surface area contributed by atoms with E-state index in [9.17, 15) is 0 Å². The van der Waals surface area contributed by atoms with Gasteiger partial charge in [-0.2, -0.15) is 5.10 Å². The second kappa shape index (κ2) is 5.83. The van der Waals surface area contributed by atoms with Crippen LogP contribution in [0.1, 0.15) is 12.2 Å². The first kappa shape index (κ1) is 12.8. The molecule has 0 spiro atoms. The maximum absolute atomic E-state index is 6.04. The van der Waals surface area contributed by atoms with Gasteiger partial charge >= 0.3 is 0 Å². The highest BCUT2D eigenvalue weighted by atomic mass is 35.5. The summed E-state index contributed by atoms with van der Waals surface area (Å²) < 4.78 is 0. The van der Waals surface area contributed by atoms with Crippen molar-refractivity contribution in [1.29, 1.82) is 0 Å². The Balaban J connectivity index is 1.67. The molecule has 0 fully saturated rings. The Morgan fingerprint density at radius 3 is 2.80 bits per heavy atom. The number of anilines is 1. The molecule has 3 aromatic rings. The first-order valence-corrected chi connectivity index (χ1v) is 6.71. The molecule has 0 saturated heterocycles. The Hall–Kier alpha value is -2.21. The minimum atomic E-state index is 0.424. The normalized spacial score (nSPS) is 10.8. The lowest BCUT2D eigenvalue weighted by Crippen LogP contribution is -2.06. The Morgan fingerprint density at radius 1 is 1.15 bits per heavy atom. The van der Waals surface area contributed by atoms with Crippen LogP contribution in [-0.2, 0) is 6.42 Å². The molecule has 0 saturated carbocycles. The van der Waals surface area contributed by atoms with E-state index in [0.717, 1.165) is 41.8 Å². The summed E-state index contributed by atoms with van der Waals surface area (Å²) in [5, 5.41) is 20.3. The molecule has 0 amide bonds. The zero-order valence-electron chi connectivity index (χ0n) is 10.7. The van der Waals surface area contributed by atoms with Crippen molar-refractivity contribution in [2.24, 2.45) is 0 Å². The summed E-state index contributed by atoms with van der Waals surface area (Å²) in [6.07, 6.45) is 3.28. The molecule has 1 aromatic carbocycles. The van der Waals surface area contributed by atoms with E-state index in [0.29, 0.717) is 5.15 Å². The first-order valence-electron chi connectivity index (χ1n) is 6.33. The van der Waals surface area contributed by atoms with E-state index in [4.69, 9.17) is 11.6 Å². The van der Waals surface area contributed by atoms with Crippen molar-refractivity contribution in [2.75, 3.05) is 11.9 Å². The first-order chi connectivity index (χ1) is 9.84. The van der Waals surface area contributed by atoms with Crippen LogP contribution in [0, 0.1) is 0 Å². The molecule has 0 aliphatic rings. The number of hydrogen-bond donors (Lipinski definition) is 2. The average Bonchev–Trinajstić information content (AvgIpc) is 2.99. The lowest BCUT2D eigenvalue weighted by molar-refractivity contribution is 0.802. The van der Waals surface area contributed by atoms with Gasteiger partial charge < -0.3 is 5.32 Å². The van der Waals surface area contributed by atoms with Crippen LogP contribution in [0.15, 0.2) is 30.6 Å². The Morgan fingerprint density at radius 2 is 2.00 bits per heavy atom. The number of hydrogen-bond acceptors (Lipinski definition) is 5. The van der Waals surface area contributed by atoms with Crippen LogP contribution in [0.5, 0.6) is 0 Å². The zero-order valence-corrected chi connectivity index (χ0v) is 11.4. The third-order valence-electron chi connectivity index (χ3n) is 2.99. The summed E-state index contributed by atoms with van der Waals surface area (Å²) in [6, 6.07) is 7.81. The second-order valence-corrected chi connectivity index (χ2v) is 4.71. The van der Waals surface area contributed by atoms with Gasteiger partial charge in [0.25, 0.3) is 0 Å². The fraction of sp³-hybridized carbons (Fsp3) is 0.231. The summed E-state index contributed by atoms with van der Waals surface area (Å²) in [4.78, 5) is 4.08. The maximum Gasteiger partial charge on any atom is 0.159 e. The Labute approximate surface area is 120 Å². The minimum Gasteiger partial charge on any atom is -0.368 e. The molecule has 0 atom stereocenters. The van der Waals surface area contributed by atoms with Crippen molar-refractivity contribution in [3.8, 4) is 0 Å². The van der Waals surface area contributed by atoms with Crippen LogP contribution in [-0.4, -0.2) is 31.9 Å². The molecule has 0 aliphatic heterocycles. The third-order valence-corrected chi connectivity index (χ3v) is 3.27. The van der Waals surface area contributed by atoms with Crippen molar-refractivity contribution >= 4 is 28.2 Å². The smallest absolute Gasteiger partial charge is 0.159 e. The number of fused-ring (bicyclic) bond motifs is 1. The lowest BCUT2D eigenvalue weighted by Gasteiger charge is -2.08. The number of halogens is 1. The number of rotatable bonds is 5. The molecular weight excluding hydrogens is 276 g/mol. The van der Waals surface area contributed by atoms with Crippen LogP contribution < -0.4 is 5.32 Å². The van der Waals surface area contributed by atoms with Gasteiger partial charge in [-0.25, -0.2) is 4.98 Å². The summed E-state index contributed by atoms with van der Waals surface area (Å²) in [5.74, 6) is 1.64. The van der Waals surface area contributed by atoms with E-state index in [-0.39, 0.29) is 0 Å². The van der Waals surface area contributed by atoms with E-state index in [1.165, 1.54) is 6.33 Å². The van der Waals surface area contributed by atoms with Crippen LogP contribution in [0.2, 0.25) is 5.15 Å². The molecule has 2 aromatic heterocycles. The van der Waals surface area contributed by atoms with Gasteiger partial charge in [-0.1, -0.05) is 35.9 Å². The van der Waals surface area contributed by atoms with Gasteiger partial charge in [-0.15, -0.1) is 10.2 Å². The molecular formula is C13H13ClN6. The summed E-state index contributed by atoms with van der Waals surface area (Å²) in [7, 11) is 0. The highest BCUT2D eigenvalue weighted by Gasteiger charge is 2.06. The molecule has 7 heteroatoms. The standard InChI is InChI=1S/C13H13ClN6/c14-12-9-4-1-2-5-10(9)13(20-19-12)15-7-3-6-11-16-8-17-18-11/h1-2,4-5,8H,3,6-7H2,(H,15,20)(H,16,17,18). The predicted octanol–water partition coefficient (Wildman–Crippen LogP) is 2.45. The molecule has 2 N–H and O–H groups in total. The third kappa shape index (κ3) is 2.70. The Bertz CT molecular complexity index is 697. The van der Waals surface area contributed by atoms with Crippen molar-refractivity contribution in [3.05, 3.63) is 41.6 Å². The lowest BCUT2D eigenvalue weighted by atomic mass is 10.2. The largest absolute Gasteiger partial charge is 0.368 e. The Kier molecular flexibility index (Phi) is 3.73. The van der Waals surface area contributed by atoms with Gasteiger partial charge in [0.15, 0.2) is 11.0 Å². The summed E-state index contributed by atoms with van der Waals surface area (Å²) >= 11 is 6.04. The molecule has 3 rings (SSSR count). The highest BCUT2D eigenvalue weighted by Crippen LogP contribution is 2.25. The van der Waals surface area contributed by atoms with E-state index in [1.807, 2.05) is 24.3 Å². The molecule has 2 heterocycles. The minimum absolute atomic E-state index is 0.424. The zero-order chi connectivity index (χ0) is 13.8. The van der Waals surface area contributed by atoms with Crippen molar-refractivity contribution in [2.45, 2.75) is 12.8 Å². The molecule has 0 radical (unpaired) electrons. The number of aryl methyl sites for hydroxylation is 1. The topological polar surface area (TPSA) is 79.4 Å². The van der Waals surface area contributed by atoms with E-state index < -0.39 is 0 Å². The SMILES string of the molecule is Clc1nnc(NCCCc2ncn[nH]2)c2ccccc12. The van der Waals surface area contributed by atoms with Gasteiger partial charge in [-0.3, -0.25) is 5.10 Å². The number of benzene rings is 1. The summed E-state index contributed by atoms with van der Waals surface area (Å²) in [6.45, 7) is 0.779. The highest BCUT2D eigenvalue weighted by molar-refractivity contribution is 6.34. The average molecular weight is 289 g/mol. The summed E-state index contributed by atoms with van der Waals surface area (Å²) in [5.41, 5.74) is 0. The fourth-order valence-corrected chi connectivity index (χ4v) is 2.22. The molecule has 102 valence electrons. The van der Waals surface area contributed by atoms with Crippen LogP contribution in [0.3, 0.4) is 0 Å². The molecule has 6 nitrogen and oxygen atoms in total. The van der Waals surface area contributed by atoms with Gasteiger partial charge in [0.2, 0.25) is 0 Å². The van der Waals surface area contributed by atoms with Crippen molar-refractivity contribution in [1.82, 2.24) is 25.4 Å². The van der Waals surface area contributed by atoms with Crippen molar-refractivity contribution in [3.63, 3.8) is 0 Å². The number of aromatic nitrogens is 5. The van der Waals surface area contributed by atoms with Gasteiger partial charge in [-0.05, 0) is 6.42 Å². The molecule has 0 bridgehead atoms. The maximum atomic E-state index is 6.04. The van der Waals surface area contributed by atoms with Crippen LogP contribution in [0.4, 0.5) is 5.82 Å². The van der Waals surface area contributed by atoms with E-state index >= 15 is 0 Å². The number of aromatic amines is 1. The van der Waals surface area contributed by atoms with Gasteiger partial charge in [0, 0.05) is 23.7 Å². The second-order valence-electron chi connectivity index (χ2n) is 4.35. The molecule has 0 aliphatic carbocycles. The quantitative estimate of drug-likeness (QED) is 0.705. The van der Waals surface area contributed by atoms with Crippen molar-refractivity contribution < 1.29 is 0 Å². The number of nitrogens with zero attached hydrogens (tertiary/aromatic N) is 4. The number of H-pyrrole nitrogens is 1. The van der Waals surface area contributed by atoms with Gasteiger partial charge in [0.1, 0.15) is 12.2 Å². The molecule has 20 heavy (non-hydrogen) atoms. The monoisotopic (exact) mass is 288 g/mol. The predicted molar refractivity (Wildman–Crippen MR) is 77.7 cm³/mol. The number of nitrogens with one attached hydrogen (secondary N) is 2. The van der Waals surface area contributed by atoms with Gasteiger partial charge in [0.05, 0.1) is 0 Å². The van der Waals surface area contributed by atoms with E-state index in [1.54, 1.807) is 0 Å².